The van der Waals surface area contributed by atoms with E-state index >= 15 is 0 Å². The van der Waals surface area contributed by atoms with Gasteiger partial charge in [-0.15, -0.1) is 0 Å². The van der Waals surface area contributed by atoms with Crippen molar-refractivity contribution in [2.45, 2.75) is 287 Å². The summed E-state index contributed by atoms with van der Waals surface area (Å²) >= 11 is 0. The molecule has 404 valence electrons. The first-order chi connectivity index (χ1) is 33.3. The number of phosphoric acid groups is 1. The van der Waals surface area contributed by atoms with Crippen molar-refractivity contribution in [1.29, 1.82) is 0 Å². The topological polar surface area (TPSA) is 226 Å². The van der Waals surface area contributed by atoms with E-state index in [-0.39, 0.29) is 6.42 Å². The van der Waals surface area contributed by atoms with Crippen LogP contribution in [0.15, 0.2) is 48.6 Å². The molecule has 69 heavy (non-hydrogen) atoms. The molecule has 14 heteroatoms. The molecule has 9 N–H and O–H groups in total. The predicted octanol–water partition coefficient (Wildman–Crippen LogP) is 11.0. The maximum atomic E-state index is 13.0. The Kier molecular flexibility index (Phi) is 41.4. The Morgan fingerprint density at radius 3 is 1.41 bits per heavy atom. The third kappa shape index (κ3) is 35.1. The number of allylic oxidation sites excluding steroid dienone is 7. The minimum absolute atomic E-state index is 0.253. The average Bonchev–Trinajstić information content (AvgIpc) is 3.32. The van der Waals surface area contributed by atoms with Crippen molar-refractivity contribution < 1.29 is 59.0 Å². The zero-order valence-electron chi connectivity index (χ0n) is 43.2. The molecule has 1 aliphatic rings. The van der Waals surface area contributed by atoms with Crippen molar-refractivity contribution >= 4 is 13.7 Å². The fourth-order valence-electron chi connectivity index (χ4n) is 8.63. The standard InChI is InChI=1S/C55H102NO12P/c1-3-5-7-9-11-13-14-15-16-17-18-19-20-21-22-23-24-25-26-27-28-29-30-31-32-33-34-35-36-38-40-42-46(57)44-49(59)56-47(48(58)43-41-39-37-12-10-8-6-4-2)45-67-69(65,66)68-55-53(63)51(61)50(60)52(62)54(55)64/h10,12,18-19,21-22,41,43,46-48,50-55,57-58,60-64H,3-9,11,13-17,20,23-40,42,44-45H2,1-2H3,(H,56,59)(H,65,66)/b12-10+,19-18-,22-21-,43-41+. The molecule has 0 saturated heterocycles. The summed E-state index contributed by atoms with van der Waals surface area (Å²) in [4.78, 5) is 23.4. The number of carbonyl (C=O) groups is 1. The first-order valence-corrected chi connectivity index (χ1v) is 29.2. The van der Waals surface area contributed by atoms with Crippen LogP contribution in [0, 0.1) is 0 Å². The van der Waals surface area contributed by atoms with Gasteiger partial charge in [0.2, 0.25) is 5.91 Å². The summed E-state index contributed by atoms with van der Waals surface area (Å²) in [5.74, 6) is -0.606. The molecular weight excluding hydrogens is 898 g/mol. The van der Waals surface area contributed by atoms with Crippen LogP contribution in [-0.2, 0) is 18.4 Å². The van der Waals surface area contributed by atoms with Crippen molar-refractivity contribution in [3.8, 4) is 0 Å². The average molecular weight is 1000 g/mol. The van der Waals surface area contributed by atoms with Crippen molar-refractivity contribution in [3.05, 3.63) is 48.6 Å². The zero-order chi connectivity index (χ0) is 50.8. The number of aliphatic hydroxyl groups is 7. The Morgan fingerprint density at radius 1 is 0.522 bits per heavy atom. The second kappa shape index (κ2) is 43.8. The molecule has 1 aliphatic carbocycles. The SMILES string of the molecule is CCCC/C=C/CC/C=C/C(O)C(COP(=O)(O)OC1C(O)C(O)C(O)C(O)C1O)NC(=O)CC(O)CCCCCCCCCCCCCCCCC/C=C\C/C=C\CCCCCCCCCCC. The lowest BCUT2D eigenvalue weighted by Crippen LogP contribution is -2.64. The summed E-state index contributed by atoms with van der Waals surface area (Å²) in [6, 6.07) is -1.26. The molecule has 0 radical (unpaired) electrons. The summed E-state index contributed by atoms with van der Waals surface area (Å²) in [6.45, 7) is 3.65. The van der Waals surface area contributed by atoms with E-state index in [0.717, 1.165) is 57.8 Å². The first kappa shape index (κ1) is 65.3. The molecule has 8 atom stereocenters. The number of hydrogen-bond acceptors (Lipinski definition) is 11. The molecule has 0 aliphatic heterocycles. The van der Waals surface area contributed by atoms with E-state index in [0.29, 0.717) is 12.8 Å². The van der Waals surface area contributed by atoms with Gasteiger partial charge in [-0.05, 0) is 57.8 Å². The maximum Gasteiger partial charge on any atom is 0.472 e. The molecule has 0 spiro atoms. The summed E-state index contributed by atoms with van der Waals surface area (Å²) in [6.07, 6.45) is 41.3. The van der Waals surface area contributed by atoms with E-state index in [2.05, 4.69) is 49.5 Å². The molecule has 13 nitrogen and oxygen atoms in total. The Morgan fingerprint density at radius 2 is 0.913 bits per heavy atom. The Labute approximate surface area is 419 Å². The lowest BCUT2D eigenvalue weighted by Gasteiger charge is -2.41. The minimum atomic E-state index is -5.15. The first-order valence-electron chi connectivity index (χ1n) is 27.7. The van der Waals surface area contributed by atoms with Crippen LogP contribution in [0.25, 0.3) is 0 Å². The van der Waals surface area contributed by atoms with Crippen LogP contribution < -0.4 is 5.32 Å². The number of phosphoric ester groups is 1. The van der Waals surface area contributed by atoms with E-state index < -0.39 is 75.2 Å². The van der Waals surface area contributed by atoms with Gasteiger partial charge in [0.1, 0.15) is 36.6 Å². The lowest BCUT2D eigenvalue weighted by atomic mass is 9.85. The fourth-order valence-corrected chi connectivity index (χ4v) is 9.59. The molecule has 0 aromatic rings. The Balaban J connectivity index is 2.21. The van der Waals surface area contributed by atoms with Crippen LogP contribution >= 0.6 is 7.82 Å². The van der Waals surface area contributed by atoms with Crippen molar-refractivity contribution in [3.63, 3.8) is 0 Å². The molecule has 0 heterocycles. The second-order valence-corrected chi connectivity index (χ2v) is 21.0. The van der Waals surface area contributed by atoms with Gasteiger partial charge >= 0.3 is 7.82 Å². The quantitative estimate of drug-likeness (QED) is 0.0158. The number of carbonyl (C=O) groups excluding carboxylic acids is 1. The smallest absolute Gasteiger partial charge is 0.393 e. The molecular formula is C55H102NO12P. The highest BCUT2D eigenvalue weighted by atomic mass is 31.2. The third-order valence-electron chi connectivity index (χ3n) is 13.1. The molecule has 1 amide bonds. The predicted molar refractivity (Wildman–Crippen MR) is 280 cm³/mol. The number of aliphatic hydroxyl groups excluding tert-OH is 7. The molecule has 0 aromatic carbocycles. The van der Waals surface area contributed by atoms with Gasteiger partial charge in [-0.3, -0.25) is 13.8 Å². The highest BCUT2D eigenvalue weighted by molar-refractivity contribution is 7.47. The molecule has 0 bridgehead atoms. The Bertz CT molecular complexity index is 1360. The Hall–Kier alpha value is -1.74. The molecule has 0 aromatic heterocycles. The van der Waals surface area contributed by atoms with Crippen molar-refractivity contribution in [2.75, 3.05) is 6.61 Å². The summed E-state index contributed by atoms with van der Waals surface area (Å²) in [7, 11) is -5.15. The van der Waals surface area contributed by atoms with Crippen LogP contribution in [-0.4, -0.2) is 108 Å². The van der Waals surface area contributed by atoms with Crippen LogP contribution in [0.1, 0.15) is 232 Å². The number of rotatable bonds is 46. The van der Waals surface area contributed by atoms with Crippen LogP contribution in [0.5, 0.6) is 0 Å². The van der Waals surface area contributed by atoms with Gasteiger partial charge in [0, 0.05) is 0 Å². The van der Waals surface area contributed by atoms with Crippen molar-refractivity contribution in [2.24, 2.45) is 0 Å². The van der Waals surface area contributed by atoms with Crippen molar-refractivity contribution in [1.82, 2.24) is 5.32 Å². The summed E-state index contributed by atoms with van der Waals surface area (Å²) < 4.78 is 22.8. The van der Waals surface area contributed by atoms with Gasteiger partial charge in [-0.25, -0.2) is 4.57 Å². The molecule has 8 unspecified atom stereocenters. The van der Waals surface area contributed by atoms with E-state index in [1.807, 2.05) is 6.08 Å². The number of unbranched alkanes of at least 4 members (excludes halogenated alkanes) is 27. The van der Waals surface area contributed by atoms with E-state index in [1.54, 1.807) is 6.08 Å². The summed E-state index contributed by atoms with van der Waals surface area (Å²) in [5, 5.41) is 74.4. The van der Waals surface area contributed by atoms with E-state index in [4.69, 9.17) is 9.05 Å². The van der Waals surface area contributed by atoms with Crippen LogP contribution in [0.4, 0.5) is 0 Å². The monoisotopic (exact) mass is 1000 g/mol. The van der Waals surface area contributed by atoms with Crippen LogP contribution in [0.2, 0.25) is 0 Å². The third-order valence-corrected chi connectivity index (χ3v) is 14.1. The molecule has 1 rings (SSSR count). The largest absolute Gasteiger partial charge is 0.472 e. The number of hydrogen-bond donors (Lipinski definition) is 9. The van der Waals surface area contributed by atoms with Gasteiger partial charge in [-0.2, -0.15) is 0 Å². The molecule has 1 fully saturated rings. The highest BCUT2D eigenvalue weighted by Crippen LogP contribution is 2.47. The second-order valence-electron chi connectivity index (χ2n) is 19.6. The zero-order valence-corrected chi connectivity index (χ0v) is 44.1. The van der Waals surface area contributed by atoms with Gasteiger partial charge in [0.15, 0.2) is 0 Å². The van der Waals surface area contributed by atoms with E-state index in [1.165, 1.54) is 147 Å². The highest BCUT2D eigenvalue weighted by Gasteiger charge is 2.51. The normalized spacial score (nSPS) is 22.3. The van der Waals surface area contributed by atoms with Crippen LogP contribution in [0.3, 0.4) is 0 Å². The summed E-state index contributed by atoms with van der Waals surface area (Å²) in [5.41, 5.74) is 0. The number of nitrogens with one attached hydrogen (secondary N) is 1. The minimum Gasteiger partial charge on any atom is -0.393 e. The molecule has 1 saturated carbocycles. The maximum absolute atomic E-state index is 13.0. The van der Waals surface area contributed by atoms with E-state index in [9.17, 15) is 50.0 Å². The fraction of sp³-hybridized carbons (Fsp3) is 0.836. The number of amides is 1. The van der Waals surface area contributed by atoms with Gasteiger partial charge < -0.3 is 46.0 Å². The van der Waals surface area contributed by atoms with Gasteiger partial charge in [-0.1, -0.05) is 217 Å². The lowest BCUT2D eigenvalue weighted by molar-refractivity contribution is -0.220. The van der Waals surface area contributed by atoms with Gasteiger partial charge in [0.05, 0.1) is 31.3 Å². The van der Waals surface area contributed by atoms with Gasteiger partial charge in [0.25, 0.3) is 0 Å².